The van der Waals surface area contributed by atoms with Crippen molar-refractivity contribution in [3.05, 3.63) is 0 Å². The van der Waals surface area contributed by atoms with Gasteiger partial charge in [0, 0.05) is 26.2 Å². The lowest BCUT2D eigenvalue weighted by atomic mass is 10.2. The molecule has 1 unspecified atom stereocenters. The number of morpholine rings is 1. The monoisotopic (exact) mass is 200 g/mol. The molecule has 0 aromatic carbocycles. The second-order valence-electron chi connectivity index (χ2n) is 3.77. The van der Waals surface area contributed by atoms with Gasteiger partial charge in [0.25, 0.3) is 5.91 Å². The maximum absolute atomic E-state index is 11.9. The minimum absolute atomic E-state index is 0.0894. The first kappa shape index (κ1) is 11.5. The Balaban J connectivity index is 2.46. The third-order valence-corrected chi connectivity index (χ3v) is 2.80. The van der Waals surface area contributed by atoms with Gasteiger partial charge < -0.3 is 15.0 Å². The summed E-state index contributed by atoms with van der Waals surface area (Å²) in [5, 5.41) is 3.16. The highest BCUT2D eigenvalue weighted by Crippen LogP contribution is 2.06. The van der Waals surface area contributed by atoms with Crippen LogP contribution in [0.25, 0.3) is 0 Å². The first-order chi connectivity index (χ1) is 6.66. The van der Waals surface area contributed by atoms with E-state index in [0.29, 0.717) is 13.2 Å². The van der Waals surface area contributed by atoms with Crippen LogP contribution in [0.1, 0.15) is 20.3 Å². The summed E-state index contributed by atoms with van der Waals surface area (Å²) in [4.78, 5) is 13.6. The van der Waals surface area contributed by atoms with Crippen LogP contribution in [0.3, 0.4) is 0 Å². The van der Waals surface area contributed by atoms with E-state index in [-0.39, 0.29) is 18.1 Å². The van der Waals surface area contributed by atoms with Gasteiger partial charge in [-0.2, -0.15) is 0 Å². The zero-order chi connectivity index (χ0) is 10.6. The molecule has 0 saturated carbocycles. The van der Waals surface area contributed by atoms with Crippen molar-refractivity contribution in [3.8, 4) is 0 Å². The third kappa shape index (κ3) is 2.69. The number of hydrogen-bond acceptors (Lipinski definition) is 3. The van der Waals surface area contributed by atoms with Crippen LogP contribution in [0, 0.1) is 0 Å². The number of carbonyl (C=O) groups excluding carboxylic acids is 1. The van der Waals surface area contributed by atoms with Crippen LogP contribution in [0.2, 0.25) is 0 Å². The molecule has 0 aliphatic carbocycles. The summed E-state index contributed by atoms with van der Waals surface area (Å²) in [5.41, 5.74) is 0. The van der Waals surface area contributed by atoms with E-state index in [0.717, 1.165) is 13.0 Å². The zero-order valence-corrected chi connectivity index (χ0v) is 9.25. The lowest BCUT2D eigenvalue weighted by molar-refractivity contribution is -0.145. The van der Waals surface area contributed by atoms with E-state index in [2.05, 4.69) is 12.2 Å². The van der Waals surface area contributed by atoms with Crippen molar-refractivity contribution in [2.45, 2.75) is 32.4 Å². The molecule has 1 saturated heterocycles. The van der Waals surface area contributed by atoms with E-state index in [9.17, 15) is 4.79 Å². The Labute approximate surface area is 85.6 Å². The quantitative estimate of drug-likeness (QED) is 0.709. The zero-order valence-electron chi connectivity index (χ0n) is 9.25. The molecule has 1 N–H and O–H groups in total. The smallest absolute Gasteiger partial charge is 0.253 e. The second kappa shape index (κ2) is 5.32. The number of carbonyl (C=O) groups is 1. The van der Waals surface area contributed by atoms with Gasteiger partial charge in [-0.1, -0.05) is 6.92 Å². The van der Waals surface area contributed by atoms with Gasteiger partial charge in [0.2, 0.25) is 0 Å². The van der Waals surface area contributed by atoms with Gasteiger partial charge in [0.15, 0.2) is 0 Å². The predicted molar refractivity (Wildman–Crippen MR) is 55.1 cm³/mol. The number of nitrogens with zero attached hydrogens (tertiary/aromatic N) is 1. The summed E-state index contributed by atoms with van der Waals surface area (Å²) in [6.45, 7) is 6.24. The van der Waals surface area contributed by atoms with E-state index in [1.807, 2.05) is 14.0 Å². The highest BCUT2D eigenvalue weighted by Gasteiger charge is 2.26. The Morgan fingerprint density at radius 1 is 1.71 bits per heavy atom. The second-order valence-corrected chi connectivity index (χ2v) is 3.77. The van der Waals surface area contributed by atoms with E-state index >= 15 is 0 Å². The Hall–Kier alpha value is -0.610. The number of ether oxygens (including phenoxy) is 1. The van der Waals surface area contributed by atoms with Gasteiger partial charge >= 0.3 is 0 Å². The van der Waals surface area contributed by atoms with Gasteiger partial charge in [0.05, 0.1) is 6.61 Å². The van der Waals surface area contributed by atoms with Crippen molar-refractivity contribution in [1.29, 1.82) is 0 Å². The molecule has 1 heterocycles. The molecule has 1 rings (SSSR count). The van der Waals surface area contributed by atoms with Crippen LogP contribution in [0.15, 0.2) is 0 Å². The number of rotatable bonds is 3. The molecule has 0 aromatic rings. The third-order valence-electron chi connectivity index (χ3n) is 2.80. The summed E-state index contributed by atoms with van der Waals surface area (Å²) in [6, 6.07) is 0.285. The molecule has 0 bridgehead atoms. The largest absolute Gasteiger partial charge is 0.366 e. The van der Waals surface area contributed by atoms with E-state index in [1.165, 1.54) is 0 Å². The van der Waals surface area contributed by atoms with Crippen LogP contribution in [0.4, 0.5) is 0 Å². The van der Waals surface area contributed by atoms with Crippen LogP contribution < -0.4 is 5.32 Å². The molecule has 4 heteroatoms. The molecule has 1 aliphatic heterocycles. The van der Waals surface area contributed by atoms with Crippen LogP contribution >= 0.6 is 0 Å². The number of likely N-dealkylation sites (N-methyl/N-ethyl adjacent to an activating group) is 1. The number of amides is 1. The summed E-state index contributed by atoms with van der Waals surface area (Å²) in [6.07, 6.45) is 0.685. The van der Waals surface area contributed by atoms with Crippen molar-refractivity contribution in [2.75, 3.05) is 26.7 Å². The Morgan fingerprint density at radius 2 is 2.43 bits per heavy atom. The molecule has 0 radical (unpaired) electrons. The normalized spacial score (nSPS) is 24.4. The number of hydrogen-bond donors (Lipinski definition) is 1. The van der Waals surface area contributed by atoms with Gasteiger partial charge in [-0.05, 0) is 13.3 Å². The topological polar surface area (TPSA) is 41.6 Å². The fraction of sp³-hybridized carbons (Fsp3) is 0.900. The predicted octanol–water partition coefficient (Wildman–Crippen LogP) is 0.232. The van der Waals surface area contributed by atoms with Gasteiger partial charge in [-0.15, -0.1) is 0 Å². The highest BCUT2D eigenvalue weighted by molar-refractivity contribution is 5.81. The van der Waals surface area contributed by atoms with Gasteiger partial charge in [0.1, 0.15) is 6.10 Å². The average molecular weight is 200 g/mol. The minimum Gasteiger partial charge on any atom is -0.366 e. The molecule has 82 valence electrons. The van der Waals surface area contributed by atoms with Crippen molar-refractivity contribution in [1.82, 2.24) is 10.2 Å². The fourth-order valence-corrected chi connectivity index (χ4v) is 1.44. The van der Waals surface area contributed by atoms with Crippen LogP contribution in [0.5, 0.6) is 0 Å². The molecule has 4 nitrogen and oxygen atoms in total. The van der Waals surface area contributed by atoms with E-state index in [1.54, 1.807) is 4.90 Å². The van der Waals surface area contributed by atoms with Gasteiger partial charge in [-0.3, -0.25) is 4.79 Å². The molecule has 1 fully saturated rings. The molecule has 1 amide bonds. The molecule has 1 aliphatic rings. The first-order valence-electron chi connectivity index (χ1n) is 5.25. The maximum Gasteiger partial charge on any atom is 0.253 e. The Morgan fingerprint density at radius 3 is 2.93 bits per heavy atom. The van der Waals surface area contributed by atoms with Crippen molar-refractivity contribution >= 4 is 5.91 Å². The van der Waals surface area contributed by atoms with Crippen LogP contribution in [-0.4, -0.2) is 49.7 Å². The lowest BCUT2D eigenvalue weighted by Crippen LogP contribution is -2.50. The molecule has 0 spiro atoms. The van der Waals surface area contributed by atoms with Crippen molar-refractivity contribution < 1.29 is 9.53 Å². The summed E-state index contributed by atoms with van der Waals surface area (Å²) in [5.74, 6) is 0.0894. The summed E-state index contributed by atoms with van der Waals surface area (Å²) in [7, 11) is 1.84. The van der Waals surface area contributed by atoms with Crippen molar-refractivity contribution in [3.63, 3.8) is 0 Å². The molecular formula is C10H20N2O2. The number of nitrogens with one attached hydrogen (secondary N) is 1. The minimum atomic E-state index is -0.289. The SMILES string of the molecule is CCC(C)N(C)C(=O)[C@H]1CNCCO1. The first-order valence-corrected chi connectivity index (χ1v) is 5.25. The van der Waals surface area contributed by atoms with Crippen LogP contribution in [-0.2, 0) is 9.53 Å². The van der Waals surface area contributed by atoms with Gasteiger partial charge in [-0.25, -0.2) is 0 Å². The summed E-state index contributed by atoms with van der Waals surface area (Å²) >= 11 is 0. The van der Waals surface area contributed by atoms with E-state index < -0.39 is 0 Å². The average Bonchev–Trinajstić information content (AvgIpc) is 2.27. The summed E-state index contributed by atoms with van der Waals surface area (Å²) < 4.78 is 5.40. The molecule has 14 heavy (non-hydrogen) atoms. The molecule has 2 atom stereocenters. The van der Waals surface area contributed by atoms with E-state index in [4.69, 9.17) is 4.74 Å². The fourth-order valence-electron chi connectivity index (χ4n) is 1.44. The van der Waals surface area contributed by atoms with Crippen molar-refractivity contribution in [2.24, 2.45) is 0 Å². The lowest BCUT2D eigenvalue weighted by Gasteiger charge is -2.30. The maximum atomic E-state index is 11.9. The highest BCUT2D eigenvalue weighted by atomic mass is 16.5. The molecular weight excluding hydrogens is 180 g/mol. The standard InChI is InChI=1S/C10H20N2O2/c1-4-8(2)12(3)10(13)9-7-11-5-6-14-9/h8-9,11H,4-7H2,1-3H3/t8?,9-/m1/s1. The Bertz CT molecular complexity index is 187. The Kier molecular flexibility index (Phi) is 4.35. The molecule has 0 aromatic heterocycles.